The number of amides is 1. The van der Waals surface area contributed by atoms with E-state index < -0.39 is 5.60 Å². The van der Waals surface area contributed by atoms with Crippen molar-refractivity contribution in [1.82, 2.24) is 4.90 Å². The predicted molar refractivity (Wildman–Crippen MR) is 73.0 cm³/mol. The maximum absolute atomic E-state index is 12.3. The molecule has 18 heavy (non-hydrogen) atoms. The van der Waals surface area contributed by atoms with Crippen molar-refractivity contribution in [3.63, 3.8) is 0 Å². The lowest BCUT2D eigenvalue weighted by Gasteiger charge is -2.46. The Morgan fingerprint density at radius 1 is 1.44 bits per heavy atom. The van der Waals surface area contributed by atoms with Crippen LogP contribution in [0.5, 0.6) is 0 Å². The number of thiophene rings is 1. The van der Waals surface area contributed by atoms with Crippen LogP contribution < -0.4 is 0 Å². The summed E-state index contributed by atoms with van der Waals surface area (Å²) in [5, 5.41) is 12.9. The van der Waals surface area contributed by atoms with Crippen molar-refractivity contribution in [3.8, 4) is 0 Å². The summed E-state index contributed by atoms with van der Waals surface area (Å²) in [5.74, 6) is 0.0329. The molecule has 0 spiro atoms. The van der Waals surface area contributed by atoms with Crippen LogP contribution in [0.4, 0.5) is 0 Å². The fourth-order valence-electron chi connectivity index (χ4n) is 2.35. The van der Waals surface area contributed by atoms with E-state index in [1.165, 1.54) is 0 Å². The lowest BCUT2D eigenvalue weighted by molar-refractivity contribution is -0.0825. The maximum atomic E-state index is 12.3. The highest BCUT2D eigenvalue weighted by Crippen LogP contribution is 2.30. The molecule has 1 aliphatic rings. The Morgan fingerprint density at radius 3 is 2.89 bits per heavy atom. The first-order valence-electron chi connectivity index (χ1n) is 6.11. The molecule has 1 saturated heterocycles. The van der Waals surface area contributed by atoms with Gasteiger partial charge in [-0.2, -0.15) is 0 Å². The summed E-state index contributed by atoms with van der Waals surface area (Å²) in [6.45, 7) is 2.85. The maximum Gasteiger partial charge on any atom is 0.255 e. The van der Waals surface area contributed by atoms with Crippen molar-refractivity contribution in [1.29, 1.82) is 0 Å². The van der Waals surface area contributed by atoms with Gasteiger partial charge in [0, 0.05) is 15.5 Å². The zero-order valence-electron chi connectivity index (χ0n) is 10.2. The average molecular weight is 261 g/mol. The van der Waals surface area contributed by atoms with Crippen molar-refractivity contribution in [3.05, 3.63) is 35.2 Å². The van der Waals surface area contributed by atoms with Crippen LogP contribution in [0, 0.1) is 0 Å². The highest BCUT2D eigenvalue weighted by molar-refractivity contribution is 7.17. The molecule has 0 unspecified atom stereocenters. The van der Waals surface area contributed by atoms with E-state index in [2.05, 4.69) is 0 Å². The third-order valence-electron chi connectivity index (χ3n) is 3.63. The number of aliphatic hydroxyl groups is 1. The smallest absolute Gasteiger partial charge is 0.255 e. The van der Waals surface area contributed by atoms with Crippen molar-refractivity contribution in [2.45, 2.75) is 18.9 Å². The molecular formula is C14H15NO2S. The van der Waals surface area contributed by atoms with Gasteiger partial charge in [-0.15, -0.1) is 11.3 Å². The zero-order valence-corrected chi connectivity index (χ0v) is 11.0. The number of fused-ring (bicyclic) bond motifs is 1. The van der Waals surface area contributed by atoms with Gasteiger partial charge in [0.25, 0.3) is 5.91 Å². The fourth-order valence-corrected chi connectivity index (χ4v) is 3.28. The van der Waals surface area contributed by atoms with Gasteiger partial charge in [0.2, 0.25) is 0 Å². The minimum absolute atomic E-state index is 0.0329. The number of hydrogen-bond donors (Lipinski definition) is 1. The Hall–Kier alpha value is -1.39. The molecule has 1 fully saturated rings. The predicted octanol–water partition coefficient (Wildman–Crippen LogP) is 2.50. The van der Waals surface area contributed by atoms with Crippen LogP contribution in [-0.2, 0) is 0 Å². The van der Waals surface area contributed by atoms with Gasteiger partial charge in [-0.3, -0.25) is 4.79 Å². The zero-order chi connectivity index (χ0) is 12.8. The lowest BCUT2D eigenvalue weighted by Crippen LogP contribution is -2.63. The highest BCUT2D eigenvalue weighted by Gasteiger charge is 2.42. The van der Waals surface area contributed by atoms with Crippen LogP contribution in [0.3, 0.4) is 0 Å². The van der Waals surface area contributed by atoms with Gasteiger partial charge in [-0.25, -0.2) is 0 Å². The Balaban J connectivity index is 1.86. The normalized spacial score (nSPS) is 17.8. The molecule has 4 heteroatoms. The van der Waals surface area contributed by atoms with E-state index in [0.29, 0.717) is 19.5 Å². The minimum Gasteiger partial charge on any atom is -0.386 e. The van der Waals surface area contributed by atoms with Crippen LogP contribution in [0.15, 0.2) is 29.6 Å². The van der Waals surface area contributed by atoms with E-state index in [1.807, 2.05) is 36.6 Å². The van der Waals surface area contributed by atoms with Crippen molar-refractivity contribution in [2.24, 2.45) is 0 Å². The monoisotopic (exact) mass is 261 g/mol. The van der Waals surface area contributed by atoms with Gasteiger partial charge in [-0.05, 0) is 12.5 Å². The first kappa shape index (κ1) is 11.7. The average Bonchev–Trinajstić information content (AvgIpc) is 2.78. The second-order valence-corrected chi connectivity index (χ2v) is 5.80. The molecule has 0 aliphatic carbocycles. The van der Waals surface area contributed by atoms with Crippen LogP contribution in [0.1, 0.15) is 23.7 Å². The Kier molecular flexibility index (Phi) is 2.64. The van der Waals surface area contributed by atoms with E-state index in [1.54, 1.807) is 16.2 Å². The molecule has 1 amide bonds. The van der Waals surface area contributed by atoms with E-state index in [4.69, 9.17) is 0 Å². The second-order valence-electron chi connectivity index (χ2n) is 4.88. The topological polar surface area (TPSA) is 40.5 Å². The molecule has 2 aromatic rings. The molecule has 1 aliphatic heterocycles. The molecule has 0 radical (unpaired) electrons. The quantitative estimate of drug-likeness (QED) is 0.902. The van der Waals surface area contributed by atoms with Gasteiger partial charge in [0.1, 0.15) is 0 Å². The standard InChI is InChI=1S/C14H15NO2S/c1-2-14(17)8-15(9-14)13(16)11-7-18-12-6-4-3-5-10(11)12/h3-7,17H,2,8-9H2,1H3. The van der Waals surface area contributed by atoms with Gasteiger partial charge in [0.15, 0.2) is 0 Å². The number of carbonyl (C=O) groups excluding carboxylic acids is 1. The largest absolute Gasteiger partial charge is 0.386 e. The summed E-state index contributed by atoms with van der Waals surface area (Å²) in [6.07, 6.45) is 0.696. The van der Waals surface area contributed by atoms with E-state index >= 15 is 0 Å². The molecule has 94 valence electrons. The molecule has 0 atom stereocenters. The minimum atomic E-state index is -0.665. The number of benzene rings is 1. The van der Waals surface area contributed by atoms with Gasteiger partial charge in [-0.1, -0.05) is 25.1 Å². The SMILES string of the molecule is CCC1(O)CN(C(=O)c2csc3ccccc23)C1. The van der Waals surface area contributed by atoms with E-state index in [-0.39, 0.29) is 5.91 Å². The summed E-state index contributed by atoms with van der Waals surface area (Å²) in [4.78, 5) is 14.0. The van der Waals surface area contributed by atoms with Crippen LogP contribution in [0.2, 0.25) is 0 Å². The highest BCUT2D eigenvalue weighted by atomic mass is 32.1. The number of nitrogens with zero attached hydrogens (tertiary/aromatic N) is 1. The number of likely N-dealkylation sites (tertiary alicyclic amines) is 1. The van der Waals surface area contributed by atoms with Gasteiger partial charge in [0.05, 0.1) is 24.3 Å². The number of hydrogen-bond acceptors (Lipinski definition) is 3. The second kappa shape index (κ2) is 4.07. The number of rotatable bonds is 2. The van der Waals surface area contributed by atoms with E-state index in [9.17, 15) is 9.90 Å². The third-order valence-corrected chi connectivity index (χ3v) is 4.59. The molecule has 0 saturated carbocycles. The summed E-state index contributed by atoms with van der Waals surface area (Å²) in [7, 11) is 0. The van der Waals surface area contributed by atoms with E-state index in [0.717, 1.165) is 15.6 Å². The van der Waals surface area contributed by atoms with Crippen LogP contribution >= 0.6 is 11.3 Å². The molecule has 3 nitrogen and oxygen atoms in total. The molecular weight excluding hydrogens is 246 g/mol. The molecule has 2 heterocycles. The Labute approximate surface area is 110 Å². The first-order chi connectivity index (χ1) is 8.63. The summed E-state index contributed by atoms with van der Waals surface area (Å²) in [6, 6.07) is 7.93. The van der Waals surface area contributed by atoms with Gasteiger partial charge < -0.3 is 10.0 Å². The molecule has 1 N–H and O–H groups in total. The van der Waals surface area contributed by atoms with Crippen molar-refractivity contribution < 1.29 is 9.90 Å². The summed E-state index contributed by atoms with van der Waals surface area (Å²) in [5.41, 5.74) is 0.0929. The van der Waals surface area contributed by atoms with Gasteiger partial charge >= 0.3 is 0 Å². The third kappa shape index (κ3) is 1.72. The van der Waals surface area contributed by atoms with Crippen molar-refractivity contribution >= 4 is 27.3 Å². The lowest BCUT2D eigenvalue weighted by atomic mass is 9.90. The fraction of sp³-hybridized carbons (Fsp3) is 0.357. The molecule has 1 aromatic heterocycles. The Morgan fingerprint density at radius 2 is 2.17 bits per heavy atom. The first-order valence-corrected chi connectivity index (χ1v) is 6.99. The molecule has 1 aromatic carbocycles. The van der Waals surface area contributed by atoms with Crippen LogP contribution in [-0.4, -0.2) is 34.6 Å². The Bertz CT molecular complexity index is 599. The summed E-state index contributed by atoms with van der Waals surface area (Å²) >= 11 is 1.59. The van der Waals surface area contributed by atoms with Crippen LogP contribution in [0.25, 0.3) is 10.1 Å². The molecule has 3 rings (SSSR count). The summed E-state index contributed by atoms with van der Waals surface area (Å²) < 4.78 is 1.13. The van der Waals surface area contributed by atoms with Crippen molar-refractivity contribution in [2.75, 3.05) is 13.1 Å². The molecule has 0 bridgehead atoms. The number of carbonyl (C=O) groups is 1. The number of β-amino-alcohol motifs (C(OH)–C–C–N with tert-alkyl or cyclic N) is 1.